The summed E-state index contributed by atoms with van der Waals surface area (Å²) in [7, 11) is 0. The Morgan fingerprint density at radius 1 is 0.929 bits per heavy atom. The third kappa shape index (κ3) is 4.80. The summed E-state index contributed by atoms with van der Waals surface area (Å²) in [5.74, 6) is 0.317. The van der Waals surface area contributed by atoms with Gasteiger partial charge in [-0.05, 0) is 35.9 Å². The van der Waals surface area contributed by atoms with Crippen LogP contribution >= 0.6 is 23.2 Å². The van der Waals surface area contributed by atoms with Crippen molar-refractivity contribution in [2.24, 2.45) is 0 Å². The van der Waals surface area contributed by atoms with E-state index in [9.17, 15) is 10.1 Å². The Morgan fingerprint density at radius 2 is 1.57 bits per heavy atom. The third-order valence-electron chi connectivity index (χ3n) is 4.04. The summed E-state index contributed by atoms with van der Waals surface area (Å²) in [5, 5.41) is 10.4. The van der Waals surface area contributed by atoms with Crippen molar-refractivity contribution in [2.45, 2.75) is 6.61 Å². The summed E-state index contributed by atoms with van der Waals surface area (Å²) in [6, 6.07) is 23.1. The molecule has 0 saturated heterocycles. The molecule has 0 N–H and O–H groups in total. The van der Waals surface area contributed by atoms with Gasteiger partial charge >= 0.3 is 0 Å². The third-order valence-corrected chi connectivity index (χ3v) is 4.75. The summed E-state index contributed by atoms with van der Waals surface area (Å²) in [4.78, 5) is 12.4. The second-order valence-corrected chi connectivity index (χ2v) is 6.74. The second-order valence-electron chi connectivity index (χ2n) is 5.92. The van der Waals surface area contributed by atoms with Gasteiger partial charge in [0.25, 0.3) is 0 Å². The Morgan fingerprint density at radius 3 is 2.18 bits per heavy atom. The lowest BCUT2D eigenvalue weighted by Crippen LogP contribution is -2.01. The number of carbonyl (C=O) groups excluding carboxylic acids is 1. The number of Topliss-reactive ketones (excluding diaryl/α,β-unsaturated/α-hetero) is 1. The van der Waals surface area contributed by atoms with Crippen LogP contribution in [0.5, 0.6) is 5.75 Å². The minimum Gasteiger partial charge on any atom is -0.489 e. The van der Waals surface area contributed by atoms with Gasteiger partial charge in [0.2, 0.25) is 5.78 Å². The first-order chi connectivity index (χ1) is 13.6. The molecule has 0 amide bonds. The molecule has 0 atom stereocenters. The van der Waals surface area contributed by atoms with E-state index in [0.29, 0.717) is 21.4 Å². The molecule has 0 aliphatic rings. The van der Waals surface area contributed by atoms with Crippen molar-refractivity contribution in [3.8, 4) is 11.8 Å². The molecule has 28 heavy (non-hydrogen) atoms. The van der Waals surface area contributed by atoms with Crippen molar-refractivity contribution in [3.63, 3.8) is 0 Å². The molecule has 0 heterocycles. The van der Waals surface area contributed by atoms with Crippen LogP contribution in [0.1, 0.15) is 21.5 Å². The van der Waals surface area contributed by atoms with Crippen LogP contribution in [0.2, 0.25) is 10.0 Å². The monoisotopic (exact) mass is 407 g/mol. The van der Waals surface area contributed by atoms with E-state index in [1.165, 1.54) is 0 Å². The zero-order chi connectivity index (χ0) is 19.9. The van der Waals surface area contributed by atoms with Crippen molar-refractivity contribution >= 4 is 35.1 Å². The molecule has 0 aromatic heterocycles. The van der Waals surface area contributed by atoms with Crippen LogP contribution in [0.4, 0.5) is 0 Å². The lowest BCUT2D eigenvalue weighted by atomic mass is 10.0. The first-order valence-corrected chi connectivity index (χ1v) is 9.21. The Hall–Kier alpha value is -3.06. The van der Waals surface area contributed by atoms with Gasteiger partial charge in [-0.15, -0.1) is 0 Å². The number of nitrogens with zero attached hydrogens (tertiary/aromatic N) is 1. The van der Waals surface area contributed by atoms with Gasteiger partial charge in [0, 0.05) is 21.2 Å². The molecule has 0 aliphatic carbocycles. The molecule has 0 aliphatic heterocycles. The number of nitriles is 1. The molecule has 5 heteroatoms. The van der Waals surface area contributed by atoms with Gasteiger partial charge in [-0.25, -0.2) is 0 Å². The van der Waals surface area contributed by atoms with Gasteiger partial charge in [0.05, 0.1) is 0 Å². The fraction of sp³-hybridized carbons (Fsp3) is 0.0435. The van der Waals surface area contributed by atoms with E-state index < -0.39 is 0 Å². The Balaban J connectivity index is 1.72. The second kappa shape index (κ2) is 9.23. The quantitative estimate of drug-likeness (QED) is 0.271. The van der Waals surface area contributed by atoms with Gasteiger partial charge in [-0.3, -0.25) is 4.79 Å². The fourth-order valence-electron chi connectivity index (χ4n) is 2.55. The molecule has 0 bridgehead atoms. The molecular formula is C23H15Cl2NO2. The number of benzene rings is 3. The Labute approximate surface area is 173 Å². The van der Waals surface area contributed by atoms with Crippen molar-refractivity contribution < 1.29 is 9.53 Å². The SMILES string of the molecule is N#CC(=Cc1ccc(OCc2c(Cl)cccc2Cl)cc1)C(=O)c1ccccc1. The number of halogens is 2. The normalized spacial score (nSPS) is 11.0. The Bertz CT molecular complexity index is 1030. The predicted octanol–water partition coefficient (Wildman–Crippen LogP) is 6.36. The molecule has 0 fully saturated rings. The molecule has 0 unspecified atom stereocenters. The van der Waals surface area contributed by atoms with Crippen molar-refractivity contribution in [2.75, 3.05) is 0 Å². The van der Waals surface area contributed by atoms with Crippen LogP contribution in [-0.2, 0) is 6.61 Å². The number of rotatable bonds is 6. The van der Waals surface area contributed by atoms with Crippen LogP contribution in [-0.4, -0.2) is 5.78 Å². The summed E-state index contributed by atoms with van der Waals surface area (Å²) < 4.78 is 5.74. The zero-order valence-electron chi connectivity index (χ0n) is 14.7. The fourth-order valence-corrected chi connectivity index (χ4v) is 3.05. The highest BCUT2D eigenvalue weighted by Crippen LogP contribution is 2.26. The zero-order valence-corrected chi connectivity index (χ0v) is 16.2. The van der Waals surface area contributed by atoms with Crippen LogP contribution in [0.25, 0.3) is 6.08 Å². The molecule has 3 aromatic rings. The van der Waals surface area contributed by atoms with Gasteiger partial charge < -0.3 is 4.74 Å². The Kier molecular flexibility index (Phi) is 6.49. The number of allylic oxidation sites excluding steroid dienone is 1. The molecular weight excluding hydrogens is 393 g/mol. The lowest BCUT2D eigenvalue weighted by molar-refractivity contribution is 0.104. The van der Waals surface area contributed by atoms with Crippen LogP contribution in [0.15, 0.2) is 78.4 Å². The van der Waals surface area contributed by atoms with E-state index >= 15 is 0 Å². The number of hydrogen-bond donors (Lipinski definition) is 0. The standard InChI is InChI=1S/C23H15Cl2NO2/c24-21-7-4-8-22(25)20(21)15-28-19-11-9-16(10-12-19)13-18(14-26)23(27)17-5-2-1-3-6-17/h1-13H,15H2. The van der Waals surface area contributed by atoms with E-state index in [4.69, 9.17) is 27.9 Å². The number of hydrogen-bond acceptors (Lipinski definition) is 3. The minimum absolute atomic E-state index is 0.0720. The maximum absolute atomic E-state index is 12.4. The first kappa shape index (κ1) is 19.7. The van der Waals surface area contributed by atoms with Gasteiger partial charge in [-0.1, -0.05) is 71.7 Å². The van der Waals surface area contributed by atoms with E-state index in [2.05, 4.69) is 0 Å². The molecule has 0 spiro atoms. The smallest absolute Gasteiger partial charge is 0.203 e. The average Bonchev–Trinajstić information content (AvgIpc) is 2.73. The van der Waals surface area contributed by atoms with Crippen molar-refractivity contribution in [1.29, 1.82) is 5.26 Å². The van der Waals surface area contributed by atoms with E-state index in [0.717, 1.165) is 11.1 Å². The topological polar surface area (TPSA) is 50.1 Å². The van der Waals surface area contributed by atoms with Gasteiger partial charge in [0.1, 0.15) is 24.0 Å². The first-order valence-electron chi connectivity index (χ1n) is 8.46. The number of carbonyl (C=O) groups is 1. The van der Waals surface area contributed by atoms with E-state index in [1.54, 1.807) is 72.8 Å². The molecule has 3 nitrogen and oxygen atoms in total. The highest BCUT2D eigenvalue weighted by atomic mass is 35.5. The van der Waals surface area contributed by atoms with Crippen LogP contribution < -0.4 is 4.74 Å². The molecule has 3 aromatic carbocycles. The van der Waals surface area contributed by atoms with Gasteiger partial charge in [0.15, 0.2) is 0 Å². The maximum Gasteiger partial charge on any atom is 0.203 e. The molecule has 3 rings (SSSR count). The maximum atomic E-state index is 12.4. The van der Waals surface area contributed by atoms with E-state index in [1.807, 2.05) is 12.1 Å². The van der Waals surface area contributed by atoms with Crippen LogP contribution in [0.3, 0.4) is 0 Å². The van der Waals surface area contributed by atoms with Crippen molar-refractivity contribution in [3.05, 3.63) is 105 Å². The summed E-state index contributed by atoms with van der Waals surface area (Å²) >= 11 is 12.3. The summed E-state index contributed by atoms with van der Waals surface area (Å²) in [6.07, 6.45) is 1.56. The molecule has 0 saturated carbocycles. The summed E-state index contributed by atoms with van der Waals surface area (Å²) in [5.41, 5.74) is 1.99. The summed E-state index contributed by atoms with van der Waals surface area (Å²) in [6.45, 7) is 0.240. The number of ketones is 1. The average molecular weight is 408 g/mol. The number of ether oxygens (including phenoxy) is 1. The highest BCUT2D eigenvalue weighted by molar-refractivity contribution is 6.35. The minimum atomic E-state index is -0.309. The van der Waals surface area contributed by atoms with E-state index in [-0.39, 0.29) is 18.0 Å². The molecule has 0 radical (unpaired) electrons. The lowest BCUT2D eigenvalue weighted by Gasteiger charge is -2.09. The largest absolute Gasteiger partial charge is 0.489 e. The predicted molar refractivity (Wildman–Crippen MR) is 112 cm³/mol. The highest BCUT2D eigenvalue weighted by Gasteiger charge is 2.11. The van der Waals surface area contributed by atoms with Crippen LogP contribution in [0, 0.1) is 11.3 Å². The van der Waals surface area contributed by atoms with Crippen molar-refractivity contribution in [1.82, 2.24) is 0 Å². The molecule has 138 valence electrons. The van der Waals surface area contributed by atoms with Gasteiger partial charge in [-0.2, -0.15) is 5.26 Å².